The third-order valence-electron chi connectivity index (χ3n) is 3.16. The Morgan fingerprint density at radius 3 is 1.83 bits per heavy atom. The summed E-state index contributed by atoms with van der Waals surface area (Å²) in [7, 11) is 1.75. The first kappa shape index (κ1) is 12.1. The van der Waals surface area contributed by atoms with Crippen LogP contribution in [0.1, 0.15) is 27.7 Å². The number of allylic oxidation sites excluding steroid dienone is 1. The standard InChI is InChI=1S/C10H22GeO/c1-6-11(7-2,8-3)10(4)9-12-5/h9H,6-8H2,1-5H3. The molecule has 0 N–H and O–H groups in total. The third-order valence-corrected chi connectivity index (χ3v) is 15.4. The van der Waals surface area contributed by atoms with Crippen LogP contribution in [0.25, 0.3) is 0 Å². The summed E-state index contributed by atoms with van der Waals surface area (Å²) in [5.41, 5.74) is 0. The quantitative estimate of drug-likeness (QED) is 0.518. The second-order valence-corrected chi connectivity index (χ2v) is 14.9. The molecule has 0 atom stereocenters. The predicted molar refractivity (Wildman–Crippen MR) is 58.0 cm³/mol. The van der Waals surface area contributed by atoms with E-state index in [1.54, 1.807) is 11.5 Å². The Hall–Kier alpha value is 0.0829. The van der Waals surface area contributed by atoms with Crippen molar-refractivity contribution in [3.05, 3.63) is 10.7 Å². The van der Waals surface area contributed by atoms with Crippen molar-refractivity contribution in [3.63, 3.8) is 0 Å². The summed E-state index contributed by atoms with van der Waals surface area (Å²) in [6.45, 7) is 9.25. The molecule has 0 amide bonds. The van der Waals surface area contributed by atoms with Crippen molar-refractivity contribution >= 4 is 13.3 Å². The molecule has 1 nitrogen and oxygen atoms in total. The molecule has 12 heavy (non-hydrogen) atoms. The van der Waals surface area contributed by atoms with E-state index in [9.17, 15) is 0 Å². The minimum atomic E-state index is -1.62. The normalized spacial score (nSPS) is 13.2. The van der Waals surface area contributed by atoms with Crippen molar-refractivity contribution in [3.8, 4) is 0 Å². The van der Waals surface area contributed by atoms with Gasteiger partial charge in [0.05, 0.1) is 0 Å². The van der Waals surface area contributed by atoms with Crippen LogP contribution in [0, 0.1) is 0 Å². The van der Waals surface area contributed by atoms with Crippen LogP contribution >= 0.6 is 0 Å². The van der Waals surface area contributed by atoms with E-state index in [-0.39, 0.29) is 0 Å². The Labute approximate surface area is 79.6 Å². The molecule has 0 heterocycles. The van der Waals surface area contributed by atoms with Gasteiger partial charge in [-0.25, -0.2) is 0 Å². The molecular weight excluding hydrogens is 209 g/mol. The van der Waals surface area contributed by atoms with Crippen molar-refractivity contribution in [2.24, 2.45) is 0 Å². The van der Waals surface area contributed by atoms with Gasteiger partial charge in [0.1, 0.15) is 0 Å². The fraction of sp³-hybridized carbons (Fsp3) is 0.800. The summed E-state index contributed by atoms with van der Waals surface area (Å²) in [4.78, 5) is 0. The predicted octanol–water partition coefficient (Wildman–Crippen LogP) is 3.58. The van der Waals surface area contributed by atoms with Crippen LogP contribution in [0.4, 0.5) is 0 Å². The van der Waals surface area contributed by atoms with Crippen LogP contribution in [0.5, 0.6) is 0 Å². The number of hydrogen-bond donors (Lipinski definition) is 0. The third kappa shape index (κ3) is 2.54. The van der Waals surface area contributed by atoms with Crippen molar-refractivity contribution in [2.75, 3.05) is 7.11 Å². The summed E-state index contributed by atoms with van der Waals surface area (Å²) in [6.07, 6.45) is 1.97. The van der Waals surface area contributed by atoms with Gasteiger partial charge in [-0.1, -0.05) is 0 Å². The van der Waals surface area contributed by atoms with Crippen LogP contribution in [-0.2, 0) is 4.74 Å². The van der Waals surface area contributed by atoms with Crippen molar-refractivity contribution < 1.29 is 4.74 Å². The summed E-state index contributed by atoms with van der Waals surface area (Å²) >= 11 is -1.62. The summed E-state index contributed by atoms with van der Waals surface area (Å²) < 4.78 is 6.66. The molecule has 0 saturated carbocycles. The number of methoxy groups -OCH3 is 1. The maximum atomic E-state index is 5.10. The summed E-state index contributed by atoms with van der Waals surface area (Å²) in [5.74, 6) is 0. The molecule has 0 aliphatic rings. The monoisotopic (exact) mass is 232 g/mol. The Morgan fingerprint density at radius 1 is 1.17 bits per heavy atom. The molecule has 0 spiro atoms. The molecule has 0 aliphatic carbocycles. The van der Waals surface area contributed by atoms with Gasteiger partial charge in [-0.3, -0.25) is 0 Å². The van der Waals surface area contributed by atoms with Crippen LogP contribution in [0.2, 0.25) is 15.8 Å². The summed E-state index contributed by atoms with van der Waals surface area (Å²) in [6, 6.07) is 0. The zero-order valence-electron chi connectivity index (χ0n) is 9.11. The first-order chi connectivity index (χ1) is 5.66. The molecule has 0 radical (unpaired) electrons. The average Bonchev–Trinajstić information content (AvgIpc) is 2.09. The second kappa shape index (κ2) is 5.68. The molecule has 0 unspecified atom stereocenters. The molecule has 0 fully saturated rings. The molecule has 0 rings (SSSR count). The first-order valence-corrected chi connectivity index (χ1v) is 10.4. The molecule has 0 aromatic heterocycles. The second-order valence-electron chi connectivity index (χ2n) is 3.38. The topological polar surface area (TPSA) is 9.23 Å². The van der Waals surface area contributed by atoms with E-state index in [4.69, 9.17) is 4.74 Å². The van der Waals surface area contributed by atoms with Gasteiger partial charge >= 0.3 is 79.2 Å². The fourth-order valence-corrected chi connectivity index (χ4v) is 9.32. The maximum absolute atomic E-state index is 5.10. The summed E-state index contributed by atoms with van der Waals surface area (Å²) in [5, 5.41) is 4.16. The van der Waals surface area contributed by atoms with Crippen LogP contribution in [-0.4, -0.2) is 20.4 Å². The molecule has 0 aromatic carbocycles. The Balaban J connectivity index is 4.58. The Morgan fingerprint density at radius 2 is 1.58 bits per heavy atom. The van der Waals surface area contributed by atoms with E-state index < -0.39 is 13.3 Å². The van der Waals surface area contributed by atoms with Gasteiger partial charge in [-0.15, -0.1) is 0 Å². The molecule has 0 bridgehead atoms. The van der Waals surface area contributed by atoms with Gasteiger partial charge in [0, 0.05) is 0 Å². The number of ether oxygens (including phenoxy) is 1. The van der Waals surface area contributed by atoms with E-state index in [1.165, 1.54) is 15.8 Å². The van der Waals surface area contributed by atoms with Gasteiger partial charge < -0.3 is 0 Å². The van der Waals surface area contributed by atoms with Gasteiger partial charge in [-0.05, 0) is 0 Å². The SMILES string of the molecule is C[CH2][Ge]([CH2]C)([CH2]C)[C](C)=COC. The van der Waals surface area contributed by atoms with Gasteiger partial charge in [0.25, 0.3) is 0 Å². The minimum absolute atomic E-state index is 1.39. The van der Waals surface area contributed by atoms with E-state index in [1.807, 2.05) is 6.26 Å². The zero-order valence-corrected chi connectivity index (χ0v) is 11.2. The van der Waals surface area contributed by atoms with Crippen LogP contribution < -0.4 is 0 Å². The molecule has 72 valence electrons. The van der Waals surface area contributed by atoms with E-state index in [0.29, 0.717) is 0 Å². The first-order valence-electron chi connectivity index (χ1n) is 4.86. The van der Waals surface area contributed by atoms with Crippen LogP contribution in [0.3, 0.4) is 0 Å². The van der Waals surface area contributed by atoms with Gasteiger partial charge in [0.15, 0.2) is 0 Å². The van der Waals surface area contributed by atoms with E-state index in [0.717, 1.165) is 0 Å². The molecule has 0 saturated heterocycles. The van der Waals surface area contributed by atoms with Gasteiger partial charge in [-0.2, -0.15) is 0 Å². The van der Waals surface area contributed by atoms with Gasteiger partial charge in [0.2, 0.25) is 0 Å². The number of rotatable bonds is 5. The Kier molecular flexibility index (Phi) is 5.72. The molecule has 0 aromatic rings. The van der Waals surface area contributed by atoms with Crippen LogP contribution in [0.15, 0.2) is 10.7 Å². The molecular formula is C10H22GeO. The molecule has 0 aliphatic heterocycles. The van der Waals surface area contributed by atoms with Crippen molar-refractivity contribution in [1.82, 2.24) is 0 Å². The Bertz CT molecular complexity index is 140. The average molecular weight is 231 g/mol. The van der Waals surface area contributed by atoms with E-state index in [2.05, 4.69) is 27.7 Å². The van der Waals surface area contributed by atoms with Crippen molar-refractivity contribution in [2.45, 2.75) is 43.5 Å². The number of hydrogen-bond acceptors (Lipinski definition) is 1. The fourth-order valence-electron chi connectivity index (χ4n) is 1.89. The van der Waals surface area contributed by atoms with Crippen molar-refractivity contribution in [1.29, 1.82) is 0 Å². The van der Waals surface area contributed by atoms with E-state index >= 15 is 0 Å². The molecule has 2 heteroatoms. The zero-order chi connectivity index (χ0) is 9.61.